The number of hydrogen-bond donors (Lipinski definition) is 1. The number of rotatable bonds is 3. The quantitative estimate of drug-likeness (QED) is 0.743. The SMILES string of the molecule is CC(C)COc1cccc(N)n1. The van der Waals surface area contributed by atoms with Crippen molar-refractivity contribution in [2.24, 2.45) is 5.92 Å². The molecule has 0 aliphatic rings. The van der Waals surface area contributed by atoms with Crippen molar-refractivity contribution in [3.63, 3.8) is 0 Å². The molecule has 1 heterocycles. The summed E-state index contributed by atoms with van der Waals surface area (Å²) in [4.78, 5) is 4.00. The largest absolute Gasteiger partial charge is 0.477 e. The summed E-state index contributed by atoms with van der Waals surface area (Å²) in [5, 5.41) is 0. The first-order valence-electron chi connectivity index (χ1n) is 4.04. The van der Waals surface area contributed by atoms with Crippen molar-refractivity contribution in [3.8, 4) is 5.88 Å². The lowest BCUT2D eigenvalue weighted by molar-refractivity contribution is 0.262. The molecule has 0 radical (unpaired) electrons. The molecule has 0 spiro atoms. The molecule has 3 nitrogen and oxygen atoms in total. The highest BCUT2D eigenvalue weighted by Crippen LogP contribution is 2.09. The lowest BCUT2D eigenvalue weighted by Gasteiger charge is -2.07. The Labute approximate surface area is 72.6 Å². The average molecular weight is 166 g/mol. The topological polar surface area (TPSA) is 48.1 Å². The van der Waals surface area contributed by atoms with Crippen molar-refractivity contribution in [3.05, 3.63) is 18.2 Å². The zero-order chi connectivity index (χ0) is 8.97. The molecular formula is C9H14N2O. The van der Waals surface area contributed by atoms with Crippen LogP contribution in [0, 0.1) is 5.92 Å². The summed E-state index contributed by atoms with van der Waals surface area (Å²) >= 11 is 0. The molecule has 1 aromatic heterocycles. The van der Waals surface area contributed by atoms with E-state index in [-0.39, 0.29) is 0 Å². The fraction of sp³-hybridized carbons (Fsp3) is 0.444. The van der Waals surface area contributed by atoms with Gasteiger partial charge >= 0.3 is 0 Å². The number of aromatic nitrogens is 1. The highest BCUT2D eigenvalue weighted by atomic mass is 16.5. The van der Waals surface area contributed by atoms with Crippen molar-refractivity contribution >= 4 is 5.82 Å². The Balaban J connectivity index is 2.52. The van der Waals surface area contributed by atoms with Gasteiger partial charge in [-0.15, -0.1) is 0 Å². The number of pyridine rings is 1. The third kappa shape index (κ3) is 2.78. The monoisotopic (exact) mass is 166 g/mol. The van der Waals surface area contributed by atoms with E-state index >= 15 is 0 Å². The maximum absolute atomic E-state index is 5.47. The predicted molar refractivity (Wildman–Crippen MR) is 49.0 cm³/mol. The molecule has 1 aromatic rings. The number of ether oxygens (including phenoxy) is 1. The fourth-order valence-electron chi connectivity index (χ4n) is 0.763. The molecule has 0 amide bonds. The minimum atomic E-state index is 0.497. The van der Waals surface area contributed by atoms with Crippen LogP contribution in [0.15, 0.2) is 18.2 Å². The second kappa shape index (κ2) is 3.95. The maximum atomic E-state index is 5.47. The van der Waals surface area contributed by atoms with Crippen molar-refractivity contribution < 1.29 is 4.74 Å². The molecule has 3 heteroatoms. The van der Waals surface area contributed by atoms with Gasteiger partial charge in [-0.25, -0.2) is 0 Å². The molecule has 0 saturated heterocycles. The van der Waals surface area contributed by atoms with Crippen LogP contribution in [0.2, 0.25) is 0 Å². The predicted octanol–water partition coefficient (Wildman–Crippen LogP) is 1.70. The van der Waals surface area contributed by atoms with Crippen LogP contribution in [0.3, 0.4) is 0 Å². The standard InChI is InChI=1S/C9H14N2O/c1-7(2)6-12-9-5-3-4-8(10)11-9/h3-5,7H,6H2,1-2H3,(H2,10,11). The molecule has 0 unspecified atom stereocenters. The second-order valence-corrected chi connectivity index (χ2v) is 3.11. The zero-order valence-electron chi connectivity index (χ0n) is 7.45. The summed E-state index contributed by atoms with van der Waals surface area (Å²) in [6.07, 6.45) is 0. The first-order chi connectivity index (χ1) is 5.68. The summed E-state index contributed by atoms with van der Waals surface area (Å²) in [7, 11) is 0. The Hall–Kier alpha value is -1.25. The number of nitrogens with zero attached hydrogens (tertiary/aromatic N) is 1. The Morgan fingerprint density at radius 1 is 1.50 bits per heavy atom. The molecule has 1 rings (SSSR count). The third-order valence-corrected chi connectivity index (χ3v) is 1.31. The molecule has 0 fully saturated rings. The van der Waals surface area contributed by atoms with Gasteiger partial charge in [-0.3, -0.25) is 0 Å². The molecule has 12 heavy (non-hydrogen) atoms. The highest BCUT2D eigenvalue weighted by molar-refractivity contribution is 5.30. The van der Waals surface area contributed by atoms with Crippen LogP contribution in [0.4, 0.5) is 5.82 Å². The number of nitrogens with two attached hydrogens (primary N) is 1. The van der Waals surface area contributed by atoms with Gasteiger partial charge in [0.05, 0.1) is 6.61 Å². The van der Waals surface area contributed by atoms with Crippen LogP contribution in [-0.4, -0.2) is 11.6 Å². The van der Waals surface area contributed by atoms with Gasteiger partial charge in [-0.1, -0.05) is 19.9 Å². The molecule has 2 N–H and O–H groups in total. The molecule has 0 saturated carbocycles. The number of hydrogen-bond acceptors (Lipinski definition) is 3. The van der Waals surface area contributed by atoms with Gasteiger partial charge in [0.25, 0.3) is 0 Å². The van der Waals surface area contributed by atoms with Crippen molar-refractivity contribution in [2.45, 2.75) is 13.8 Å². The lowest BCUT2D eigenvalue weighted by Crippen LogP contribution is -2.06. The molecule has 0 aliphatic heterocycles. The zero-order valence-corrected chi connectivity index (χ0v) is 7.45. The molecule has 0 atom stereocenters. The van der Waals surface area contributed by atoms with Crippen LogP contribution < -0.4 is 10.5 Å². The van der Waals surface area contributed by atoms with Gasteiger partial charge in [0.2, 0.25) is 5.88 Å². The minimum Gasteiger partial charge on any atom is -0.477 e. The van der Waals surface area contributed by atoms with Gasteiger partial charge in [-0.2, -0.15) is 4.98 Å². The summed E-state index contributed by atoms with van der Waals surface area (Å²) in [5.74, 6) is 1.60. The van der Waals surface area contributed by atoms with E-state index in [0.717, 1.165) is 0 Å². The van der Waals surface area contributed by atoms with E-state index in [0.29, 0.717) is 24.2 Å². The average Bonchev–Trinajstić information content (AvgIpc) is 2.01. The van der Waals surface area contributed by atoms with E-state index in [1.54, 1.807) is 12.1 Å². The molecule has 66 valence electrons. The number of nitrogen functional groups attached to an aromatic ring is 1. The van der Waals surface area contributed by atoms with Gasteiger partial charge in [-0.05, 0) is 12.0 Å². The van der Waals surface area contributed by atoms with Crippen molar-refractivity contribution in [2.75, 3.05) is 12.3 Å². The Bertz CT molecular complexity index is 248. The van der Waals surface area contributed by atoms with Crippen LogP contribution in [-0.2, 0) is 0 Å². The summed E-state index contributed by atoms with van der Waals surface area (Å²) < 4.78 is 5.36. The van der Waals surface area contributed by atoms with Gasteiger partial charge in [0.1, 0.15) is 5.82 Å². The van der Waals surface area contributed by atoms with Gasteiger partial charge < -0.3 is 10.5 Å². The van der Waals surface area contributed by atoms with E-state index in [4.69, 9.17) is 10.5 Å². The summed E-state index contributed by atoms with van der Waals surface area (Å²) in [5.41, 5.74) is 5.47. The van der Waals surface area contributed by atoms with E-state index in [1.165, 1.54) is 0 Å². The summed E-state index contributed by atoms with van der Waals surface area (Å²) in [6.45, 7) is 4.86. The first-order valence-corrected chi connectivity index (χ1v) is 4.04. The van der Waals surface area contributed by atoms with Gasteiger partial charge in [0.15, 0.2) is 0 Å². The van der Waals surface area contributed by atoms with E-state index in [2.05, 4.69) is 18.8 Å². The Kier molecular flexibility index (Phi) is 2.91. The Morgan fingerprint density at radius 3 is 2.83 bits per heavy atom. The smallest absolute Gasteiger partial charge is 0.215 e. The second-order valence-electron chi connectivity index (χ2n) is 3.11. The number of anilines is 1. The van der Waals surface area contributed by atoms with Crippen LogP contribution >= 0.6 is 0 Å². The maximum Gasteiger partial charge on any atom is 0.215 e. The fourth-order valence-corrected chi connectivity index (χ4v) is 0.763. The van der Waals surface area contributed by atoms with Crippen LogP contribution in [0.1, 0.15) is 13.8 Å². The Morgan fingerprint density at radius 2 is 2.25 bits per heavy atom. The molecular weight excluding hydrogens is 152 g/mol. The van der Waals surface area contributed by atoms with Crippen LogP contribution in [0.5, 0.6) is 5.88 Å². The lowest BCUT2D eigenvalue weighted by atomic mass is 10.2. The minimum absolute atomic E-state index is 0.497. The van der Waals surface area contributed by atoms with E-state index in [9.17, 15) is 0 Å². The first kappa shape index (κ1) is 8.84. The third-order valence-electron chi connectivity index (χ3n) is 1.31. The molecule has 0 bridgehead atoms. The summed E-state index contributed by atoms with van der Waals surface area (Å²) in [6, 6.07) is 5.37. The molecule has 0 aliphatic carbocycles. The molecule has 0 aromatic carbocycles. The normalized spacial score (nSPS) is 10.2. The highest BCUT2D eigenvalue weighted by Gasteiger charge is 1.97. The van der Waals surface area contributed by atoms with E-state index in [1.807, 2.05) is 6.07 Å². The van der Waals surface area contributed by atoms with Crippen molar-refractivity contribution in [1.82, 2.24) is 4.98 Å². The van der Waals surface area contributed by atoms with Gasteiger partial charge in [0, 0.05) is 6.07 Å². The van der Waals surface area contributed by atoms with Crippen molar-refractivity contribution in [1.29, 1.82) is 0 Å². The van der Waals surface area contributed by atoms with Crippen LogP contribution in [0.25, 0.3) is 0 Å². The van der Waals surface area contributed by atoms with E-state index < -0.39 is 0 Å².